The van der Waals surface area contributed by atoms with E-state index in [2.05, 4.69) is 0 Å². The molecule has 0 fully saturated rings. The highest BCUT2D eigenvalue weighted by molar-refractivity contribution is 5.99. The summed E-state index contributed by atoms with van der Waals surface area (Å²) in [6, 6.07) is 2.93. The maximum Gasteiger partial charge on any atom is 0.167 e. The van der Waals surface area contributed by atoms with Gasteiger partial charge in [-0.15, -0.1) is 0 Å². The summed E-state index contributed by atoms with van der Waals surface area (Å²) in [6.07, 6.45) is 0. The third kappa shape index (κ3) is 1.79. The van der Waals surface area contributed by atoms with Gasteiger partial charge in [0.05, 0.1) is 14.2 Å². The molecule has 0 bridgehead atoms. The van der Waals surface area contributed by atoms with Crippen molar-refractivity contribution in [2.45, 2.75) is 6.92 Å². The van der Waals surface area contributed by atoms with E-state index in [-0.39, 0.29) is 17.1 Å². The monoisotopic (exact) mass is 198 g/mol. The Balaban J connectivity index is 3.34. The van der Waals surface area contributed by atoms with Gasteiger partial charge in [-0.05, 0) is 6.92 Å². The number of phenols is 1. The molecule has 0 aliphatic carbocycles. The summed E-state index contributed by atoms with van der Waals surface area (Å²) < 4.78 is 9.89. The highest BCUT2D eigenvalue weighted by atomic mass is 16.5. The Morgan fingerprint density at radius 3 is 2.36 bits per heavy atom. The fourth-order valence-corrected chi connectivity index (χ4v) is 1.21. The molecule has 0 aliphatic heterocycles. The number of Topliss-reactive ketones (excluding diaryl/α,β-unsaturated/α-hetero) is 1. The fraction of sp³-hybridized carbons (Fsp3) is 0.300. The molecule has 0 spiro atoms. The van der Waals surface area contributed by atoms with Crippen molar-refractivity contribution in [1.82, 2.24) is 0 Å². The first kappa shape index (κ1) is 10.4. The maximum absolute atomic E-state index is 11.2. The zero-order valence-corrected chi connectivity index (χ0v) is 8.33. The van der Waals surface area contributed by atoms with Crippen molar-refractivity contribution in [2.75, 3.05) is 14.2 Å². The summed E-state index contributed by atoms with van der Waals surface area (Å²) in [5.74, 6) is 0.384. The van der Waals surface area contributed by atoms with Gasteiger partial charge in [0.25, 0.3) is 0 Å². The highest BCUT2D eigenvalue weighted by Crippen LogP contribution is 2.33. The van der Waals surface area contributed by atoms with E-state index >= 15 is 0 Å². The number of benzene rings is 1. The summed E-state index contributed by atoms with van der Waals surface area (Å²) in [7, 11) is 2.91. The van der Waals surface area contributed by atoms with Crippen molar-refractivity contribution < 1.29 is 19.4 Å². The molecule has 0 atom stereocenters. The van der Waals surface area contributed by atoms with Crippen LogP contribution in [-0.2, 0) is 0 Å². The first-order chi connectivity index (χ1) is 6.60. The van der Waals surface area contributed by atoms with Crippen molar-refractivity contribution in [1.29, 1.82) is 0 Å². The minimum atomic E-state index is -0.248. The van der Waals surface area contributed by atoms with Crippen molar-refractivity contribution in [3.8, 4) is 17.2 Å². The predicted octanol–water partition coefficient (Wildman–Crippen LogP) is 1.61. The number of carbonyl (C=O) groups is 1. The second-order valence-corrected chi connectivity index (χ2v) is 2.78. The van der Waals surface area contributed by atoms with Gasteiger partial charge in [-0.1, -0.05) is 0 Å². The van der Waals surface area contributed by atoms with Crippen molar-refractivity contribution in [3.63, 3.8) is 0 Å². The van der Waals surface area contributed by atoms with Crippen LogP contribution in [0, 0.1) is 0 Å². The van der Waals surface area contributed by atoms with Crippen LogP contribution < -0.4 is 9.47 Å². The van der Waals surface area contributed by atoms with Crippen LogP contribution in [0.2, 0.25) is 0 Å². The van der Waals surface area contributed by atoms with Gasteiger partial charge in [-0.3, -0.25) is 4.79 Å². The second-order valence-electron chi connectivity index (χ2n) is 2.78. The molecule has 14 heavy (non-hydrogen) atoms. The first-order valence-corrected chi connectivity index (χ1v) is 4.06. The number of ether oxygens (including phenoxy) is 2. The van der Waals surface area contributed by atoms with Crippen LogP contribution in [0.15, 0.2) is 12.1 Å². The highest BCUT2D eigenvalue weighted by Gasteiger charge is 2.15. The lowest BCUT2D eigenvalue weighted by Crippen LogP contribution is -1.99. The molecule has 0 radical (unpaired) electrons. The number of hydrogen-bond donors (Lipinski definition) is 1. The Hall–Kier alpha value is -1.71. The summed E-state index contributed by atoms with van der Waals surface area (Å²) >= 11 is 0. The SMILES string of the molecule is COc1cc(O)c([13C]([13CH3])=O)c(OC)c1. The van der Waals surface area contributed by atoms with E-state index in [0.717, 1.165) is 0 Å². The zero-order chi connectivity index (χ0) is 10.7. The van der Waals surface area contributed by atoms with Crippen LogP contribution in [0.1, 0.15) is 17.3 Å². The number of hydrogen-bond acceptors (Lipinski definition) is 4. The predicted molar refractivity (Wildman–Crippen MR) is 51.2 cm³/mol. The van der Waals surface area contributed by atoms with Crippen molar-refractivity contribution in [2.24, 2.45) is 0 Å². The number of ketones is 1. The molecule has 0 heterocycles. The molecule has 0 aromatic heterocycles. The standard InChI is InChI=1S/C10H12O4/c1-6(11)10-8(12)4-7(13-2)5-9(10)14-3/h4-5,12H,1-3H3/i1+1,6+1. The fourth-order valence-electron chi connectivity index (χ4n) is 1.21. The van der Waals surface area contributed by atoms with E-state index in [1.54, 1.807) is 6.07 Å². The number of phenolic OH excluding ortho intramolecular Hbond substituents is 1. The van der Waals surface area contributed by atoms with E-state index in [9.17, 15) is 9.90 Å². The third-order valence-corrected chi connectivity index (χ3v) is 1.86. The molecule has 76 valence electrons. The Morgan fingerprint density at radius 1 is 1.29 bits per heavy atom. The first-order valence-electron chi connectivity index (χ1n) is 4.06. The molecule has 1 aromatic rings. The average molecular weight is 198 g/mol. The van der Waals surface area contributed by atoms with Gasteiger partial charge in [-0.2, -0.15) is 0 Å². The van der Waals surface area contributed by atoms with Gasteiger partial charge >= 0.3 is 0 Å². The summed E-state index contributed by atoms with van der Waals surface area (Å²) in [5, 5.41) is 9.52. The van der Waals surface area contributed by atoms with Gasteiger partial charge in [0.15, 0.2) is 5.78 Å². The molecule has 0 unspecified atom stereocenters. The molecule has 0 saturated carbocycles. The molecular weight excluding hydrogens is 186 g/mol. The minimum absolute atomic E-state index is 0.131. The van der Waals surface area contributed by atoms with E-state index < -0.39 is 0 Å². The van der Waals surface area contributed by atoms with Crippen molar-refractivity contribution >= 4 is 5.78 Å². The Bertz CT molecular complexity index is 357. The van der Waals surface area contributed by atoms with E-state index in [4.69, 9.17) is 9.47 Å². The normalized spacial score (nSPS) is 9.64. The van der Waals surface area contributed by atoms with Crippen molar-refractivity contribution in [3.05, 3.63) is 17.7 Å². The van der Waals surface area contributed by atoms with E-state index in [1.165, 1.54) is 27.2 Å². The van der Waals surface area contributed by atoms with Gasteiger partial charge in [0.1, 0.15) is 22.8 Å². The van der Waals surface area contributed by atoms with Gasteiger partial charge in [0, 0.05) is 12.1 Å². The van der Waals surface area contributed by atoms with Gasteiger partial charge in [-0.25, -0.2) is 0 Å². The Morgan fingerprint density at radius 2 is 1.93 bits per heavy atom. The second kappa shape index (κ2) is 4.00. The summed E-state index contributed by atoms with van der Waals surface area (Å²) in [4.78, 5) is 11.2. The average Bonchev–Trinajstić information content (AvgIpc) is 2.15. The number of methoxy groups -OCH3 is 2. The Kier molecular flexibility index (Phi) is 2.96. The third-order valence-electron chi connectivity index (χ3n) is 1.86. The molecule has 0 amide bonds. The smallest absolute Gasteiger partial charge is 0.167 e. The molecule has 0 saturated heterocycles. The topological polar surface area (TPSA) is 55.8 Å². The molecule has 1 N–H and O–H groups in total. The van der Waals surface area contributed by atoms with Crippen LogP contribution >= 0.6 is 0 Å². The van der Waals surface area contributed by atoms with Gasteiger partial charge in [0.2, 0.25) is 0 Å². The Labute approximate surface area is 82.1 Å². The summed E-state index contributed by atoms with van der Waals surface area (Å²) in [6.45, 7) is 1.37. The minimum Gasteiger partial charge on any atom is -0.507 e. The zero-order valence-electron chi connectivity index (χ0n) is 8.33. The molecule has 1 aromatic carbocycles. The van der Waals surface area contributed by atoms with E-state index in [1.807, 2.05) is 0 Å². The molecule has 4 nitrogen and oxygen atoms in total. The maximum atomic E-state index is 11.2. The largest absolute Gasteiger partial charge is 0.507 e. The van der Waals surface area contributed by atoms with Gasteiger partial charge < -0.3 is 14.6 Å². The number of carbonyl (C=O) groups excluding carboxylic acids is 1. The number of rotatable bonds is 3. The molecule has 1 rings (SSSR count). The van der Waals surface area contributed by atoms with Crippen LogP contribution in [-0.4, -0.2) is 25.1 Å². The van der Waals surface area contributed by atoms with Crippen LogP contribution in [0.3, 0.4) is 0 Å². The van der Waals surface area contributed by atoms with Crippen LogP contribution in [0.5, 0.6) is 17.2 Å². The van der Waals surface area contributed by atoms with Crippen LogP contribution in [0.25, 0.3) is 0 Å². The van der Waals surface area contributed by atoms with E-state index in [0.29, 0.717) is 11.5 Å². The quantitative estimate of drug-likeness (QED) is 0.592. The molecular formula is C10H12O4. The molecule has 4 heteroatoms. The van der Waals surface area contributed by atoms with Crippen LogP contribution in [0.4, 0.5) is 0 Å². The lowest BCUT2D eigenvalue weighted by Gasteiger charge is -2.09. The summed E-state index contributed by atoms with van der Waals surface area (Å²) in [5.41, 5.74) is 0.174. The number of aromatic hydroxyl groups is 1. The molecule has 0 aliphatic rings. The lowest BCUT2D eigenvalue weighted by molar-refractivity contribution is 0.101. The lowest BCUT2D eigenvalue weighted by atomic mass is 10.2.